The molecule has 0 atom stereocenters. The van der Waals surface area contributed by atoms with Crippen molar-refractivity contribution in [3.8, 4) is 0 Å². The van der Waals surface area contributed by atoms with Gasteiger partial charge in [0.15, 0.2) is 0 Å². The van der Waals surface area contributed by atoms with Crippen molar-refractivity contribution in [2.45, 2.75) is 40.5 Å². The second kappa shape index (κ2) is 5.68. The van der Waals surface area contributed by atoms with Crippen LogP contribution in [-0.2, 0) is 0 Å². The van der Waals surface area contributed by atoms with Crippen LogP contribution < -0.4 is 11.1 Å². The van der Waals surface area contributed by atoms with Crippen molar-refractivity contribution in [3.63, 3.8) is 0 Å². The number of nitrogens with zero attached hydrogens (tertiary/aromatic N) is 2. The lowest BCUT2D eigenvalue weighted by atomic mass is 10.0. The molecule has 0 radical (unpaired) electrons. The van der Waals surface area contributed by atoms with Gasteiger partial charge in [0.05, 0.1) is 0 Å². The smallest absolute Gasteiger partial charge is 0.134 e. The number of hydrogen-bond donors (Lipinski definition) is 2. The number of nitrogen functional groups attached to an aromatic ring is 1. The maximum atomic E-state index is 5.80. The van der Waals surface area contributed by atoms with Crippen LogP contribution in [0.5, 0.6) is 0 Å². The molecule has 0 bridgehead atoms. The maximum absolute atomic E-state index is 5.80. The number of rotatable bonds is 5. The van der Waals surface area contributed by atoms with E-state index >= 15 is 0 Å². The molecule has 1 rings (SSSR count). The molecule has 4 nitrogen and oxygen atoms in total. The van der Waals surface area contributed by atoms with Gasteiger partial charge < -0.3 is 11.1 Å². The zero-order valence-electron chi connectivity index (χ0n) is 10.7. The fourth-order valence-corrected chi connectivity index (χ4v) is 1.64. The van der Waals surface area contributed by atoms with Crippen LogP contribution in [0.4, 0.5) is 11.6 Å². The Labute approximate surface area is 97.7 Å². The summed E-state index contributed by atoms with van der Waals surface area (Å²) < 4.78 is 0. The van der Waals surface area contributed by atoms with Gasteiger partial charge in [0.1, 0.15) is 17.5 Å². The fourth-order valence-electron chi connectivity index (χ4n) is 1.64. The zero-order valence-corrected chi connectivity index (χ0v) is 10.7. The van der Waals surface area contributed by atoms with Gasteiger partial charge in [0.2, 0.25) is 0 Å². The summed E-state index contributed by atoms with van der Waals surface area (Å²) in [4.78, 5) is 8.50. The van der Waals surface area contributed by atoms with Gasteiger partial charge in [-0.3, -0.25) is 0 Å². The van der Waals surface area contributed by atoms with Crippen LogP contribution in [0.1, 0.15) is 38.1 Å². The summed E-state index contributed by atoms with van der Waals surface area (Å²) in [6, 6.07) is 0. The summed E-state index contributed by atoms with van der Waals surface area (Å²) in [5.74, 6) is 2.85. The Balaban J connectivity index is 2.73. The third-order valence-electron chi connectivity index (χ3n) is 3.01. The maximum Gasteiger partial charge on any atom is 0.134 e. The van der Waals surface area contributed by atoms with Crippen molar-refractivity contribution in [2.75, 3.05) is 17.6 Å². The molecule has 0 aliphatic carbocycles. The average Bonchev–Trinajstić information content (AvgIpc) is 2.26. The van der Waals surface area contributed by atoms with Gasteiger partial charge >= 0.3 is 0 Å². The molecule has 0 saturated carbocycles. The standard InChI is InChI=1S/C12H22N4/c1-5-10(6-2)7-14-12-8(3)11(13)15-9(4)16-12/h10H,5-7H2,1-4H3,(H3,13,14,15,16). The highest BCUT2D eigenvalue weighted by Crippen LogP contribution is 2.18. The molecule has 0 aliphatic heterocycles. The van der Waals surface area contributed by atoms with Crippen LogP contribution >= 0.6 is 0 Å². The Morgan fingerprint density at radius 1 is 1.19 bits per heavy atom. The number of nitrogens with two attached hydrogens (primary N) is 1. The van der Waals surface area contributed by atoms with E-state index in [9.17, 15) is 0 Å². The van der Waals surface area contributed by atoms with E-state index in [1.165, 1.54) is 12.8 Å². The van der Waals surface area contributed by atoms with Crippen molar-refractivity contribution < 1.29 is 0 Å². The molecule has 0 spiro atoms. The van der Waals surface area contributed by atoms with Crippen molar-refractivity contribution in [2.24, 2.45) is 5.92 Å². The minimum Gasteiger partial charge on any atom is -0.383 e. The Bertz CT molecular complexity index is 345. The van der Waals surface area contributed by atoms with Crippen LogP contribution in [0.3, 0.4) is 0 Å². The lowest BCUT2D eigenvalue weighted by molar-refractivity contribution is 0.518. The van der Waals surface area contributed by atoms with E-state index in [2.05, 4.69) is 29.1 Å². The highest BCUT2D eigenvalue weighted by molar-refractivity contribution is 5.54. The summed E-state index contributed by atoms with van der Waals surface area (Å²) in [5.41, 5.74) is 6.74. The van der Waals surface area contributed by atoms with Gasteiger partial charge in [-0.15, -0.1) is 0 Å². The summed E-state index contributed by atoms with van der Waals surface area (Å²) in [7, 11) is 0. The first-order valence-corrected chi connectivity index (χ1v) is 5.93. The topological polar surface area (TPSA) is 63.8 Å². The largest absolute Gasteiger partial charge is 0.383 e. The number of anilines is 2. The molecule has 1 aromatic heterocycles. The zero-order chi connectivity index (χ0) is 12.1. The van der Waals surface area contributed by atoms with E-state index in [0.29, 0.717) is 11.7 Å². The minimum absolute atomic E-state index is 0.569. The lowest BCUT2D eigenvalue weighted by Crippen LogP contribution is -2.15. The van der Waals surface area contributed by atoms with Gasteiger partial charge in [-0.1, -0.05) is 26.7 Å². The Hall–Kier alpha value is -1.32. The second-order valence-electron chi connectivity index (χ2n) is 4.19. The molecule has 0 amide bonds. The van der Waals surface area contributed by atoms with Gasteiger partial charge in [-0.2, -0.15) is 0 Å². The summed E-state index contributed by atoms with van der Waals surface area (Å²) >= 11 is 0. The highest BCUT2D eigenvalue weighted by atomic mass is 15.1. The quantitative estimate of drug-likeness (QED) is 0.803. The molecule has 0 saturated heterocycles. The minimum atomic E-state index is 0.569. The number of nitrogens with one attached hydrogen (secondary N) is 1. The van der Waals surface area contributed by atoms with Gasteiger partial charge in [-0.25, -0.2) is 9.97 Å². The monoisotopic (exact) mass is 222 g/mol. The second-order valence-corrected chi connectivity index (χ2v) is 4.19. The molecular formula is C12H22N4. The van der Waals surface area contributed by atoms with E-state index < -0.39 is 0 Å². The number of aromatic nitrogens is 2. The Morgan fingerprint density at radius 2 is 1.81 bits per heavy atom. The van der Waals surface area contributed by atoms with E-state index in [4.69, 9.17) is 5.73 Å². The van der Waals surface area contributed by atoms with Crippen molar-refractivity contribution in [3.05, 3.63) is 11.4 Å². The van der Waals surface area contributed by atoms with Crippen LogP contribution in [-0.4, -0.2) is 16.5 Å². The summed E-state index contributed by atoms with van der Waals surface area (Å²) in [6.07, 6.45) is 2.37. The van der Waals surface area contributed by atoms with Crippen LogP contribution in [0.25, 0.3) is 0 Å². The third kappa shape index (κ3) is 3.08. The van der Waals surface area contributed by atoms with E-state index in [0.717, 1.165) is 23.8 Å². The molecule has 16 heavy (non-hydrogen) atoms. The first kappa shape index (κ1) is 12.7. The third-order valence-corrected chi connectivity index (χ3v) is 3.01. The molecule has 0 aliphatic rings. The molecule has 0 aromatic carbocycles. The Morgan fingerprint density at radius 3 is 2.38 bits per heavy atom. The molecule has 0 fully saturated rings. The fraction of sp³-hybridized carbons (Fsp3) is 0.667. The number of hydrogen-bond acceptors (Lipinski definition) is 4. The highest BCUT2D eigenvalue weighted by Gasteiger charge is 2.08. The predicted octanol–water partition coefficient (Wildman–Crippen LogP) is 2.52. The molecule has 0 unspecified atom stereocenters. The van der Waals surface area contributed by atoms with Crippen molar-refractivity contribution in [1.82, 2.24) is 9.97 Å². The van der Waals surface area contributed by atoms with E-state index in [-0.39, 0.29) is 0 Å². The Kier molecular flexibility index (Phi) is 4.52. The lowest BCUT2D eigenvalue weighted by Gasteiger charge is -2.15. The average molecular weight is 222 g/mol. The van der Waals surface area contributed by atoms with Crippen LogP contribution in [0.2, 0.25) is 0 Å². The molecular weight excluding hydrogens is 200 g/mol. The van der Waals surface area contributed by atoms with Crippen molar-refractivity contribution in [1.29, 1.82) is 0 Å². The predicted molar refractivity (Wildman–Crippen MR) is 68.5 cm³/mol. The van der Waals surface area contributed by atoms with Crippen LogP contribution in [0, 0.1) is 19.8 Å². The molecule has 1 aromatic rings. The molecule has 3 N–H and O–H groups in total. The first-order valence-electron chi connectivity index (χ1n) is 5.93. The normalized spacial score (nSPS) is 10.8. The van der Waals surface area contributed by atoms with Crippen molar-refractivity contribution >= 4 is 11.6 Å². The molecule has 1 heterocycles. The van der Waals surface area contributed by atoms with Gasteiger partial charge in [-0.05, 0) is 19.8 Å². The molecule has 4 heteroatoms. The van der Waals surface area contributed by atoms with E-state index in [1.807, 2.05) is 13.8 Å². The molecule has 90 valence electrons. The van der Waals surface area contributed by atoms with Crippen LogP contribution in [0.15, 0.2) is 0 Å². The van der Waals surface area contributed by atoms with Gasteiger partial charge in [0, 0.05) is 12.1 Å². The summed E-state index contributed by atoms with van der Waals surface area (Å²) in [6.45, 7) is 9.18. The SMILES string of the molecule is CCC(CC)CNc1nc(C)nc(N)c1C. The summed E-state index contributed by atoms with van der Waals surface area (Å²) in [5, 5.41) is 3.37. The number of aryl methyl sites for hydroxylation is 1. The van der Waals surface area contributed by atoms with Gasteiger partial charge in [0.25, 0.3) is 0 Å². The first-order chi connectivity index (χ1) is 7.58. The van der Waals surface area contributed by atoms with E-state index in [1.54, 1.807) is 0 Å².